The molecule has 34 heavy (non-hydrogen) atoms. The zero-order valence-corrected chi connectivity index (χ0v) is 18.8. The van der Waals surface area contributed by atoms with Gasteiger partial charge in [0.25, 0.3) is 5.91 Å². The van der Waals surface area contributed by atoms with Crippen LogP contribution in [0.1, 0.15) is 29.0 Å². The highest BCUT2D eigenvalue weighted by molar-refractivity contribution is 6.30. The highest BCUT2D eigenvalue weighted by Crippen LogP contribution is 2.21. The molecule has 0 saturated carbocycles. The molecule has 0 aliphatic carbocycles. The van der Waals surface area contributed by atoms with E-state index < -0.39 is 17.7 Å². The van der Waals surface area contributed by atoms with Gasteiger partial charge in [-0.25, -0.2) is 4.39 Å². The van der Waals surface area contributed by atoms with Crippen LogP contribution in [0.15, 0.2) is 48.5 Å². The molecule has 3 N–H and O–H groups in total. The van der Waals surface area contributed by atoms with Gasteiger partial charge in [-0.05, 0) is 61.4 Å². The molecule has 1 aliphatic heterocycles. The predicted molar refractivity (Wildman–Crippen MR) is 124 cm³/mol. The van der Waals surface area contributed by atoms with E-state index in [0.29, 0.717) is 35.7 Å². The second-order valence-electron chi connectivity index (χ2n) is 7.77. The van der Waals surface area contributed by atoms with Crippen molar-refractivity contribution in [1.82, 2.24) is 19.9 Å². The van der Waals surface area contributed by atoms with Gasteiger partial charge in [-0.3, -0.25) is 9.59 Å². The van der Waals surface area contributed by atoms with Gasteiger partial charge in [0, 0.05) is 29.4 Å². The van der Waals surface area contributed by atoms with Crippen molar-refractivity contribution in [1.29, 1.82) is 0 Å². The van der Waals surface area contributed by atoms with E-state index in [4.69, 9.17) is 22.1 Å². The van der Waals surface area contributed by atoms with Crippen molar-refractivity contribution >= 4 is 41.1 Å². The molecule has 0 spiro atoms. The molecule has 2 heterocycles. The molecule has 0 radical (unpaired) electrons. The number of likely N-dealkylation sites (tertiary alicyclic amines) is 1. The summed E-state index contributed by atoms with van der Waals surface area (Å²) < 4.78 is 18.6. The Hall–Kier alpha value is -3.79. The number of carbonyl (C=O) groups is 2. The van der Waals surface area contributed by atoms with Crippen molar-refractivity contribution in [2.45, 2.75) is 19.4 Å². The Kier molecular flexibility index (Phi) is 7.17. The van der Waals surface area contributed by atoms with Gasteiger partial charge < -0.3 is 20.7 Å². The normalized spacial score (nSPS) is 15.6. The van der Waals surface area contributed by atoms with Gasteiger partial charge in [-0.2, -0.15) is 15.0 Å². The van der Waals surface area contributed by atoms with Gasteiger partial charge in [0.2, 0.25) is 11.9 Å². The number of nitrogens with two attached hydrogens (primary N) is 1. The molecule has 1 fully saturated rings. The van der Waals surface area contributed by atoms with E-state index in [9.17, 15) is 14.0 Å². The van der Waals surface area contributed by atoms with E-state index in [0.717, 1.165) is 0 Å². The zero-order valence-electron chi connectivity index (χ0n) is 18.1. The summed E-state index contributed by atoms with van der Waals surface area (Å²) in [5.74, 6) is -1.23. The lowest BCUT2D eigenvalue weighted by atomic mass is 9.97. The third kappa shape index (κ3) is 5.96. The number of esters is 1. The molecule has 1 saturated heterocycles. The van der Waals surface area contributed by atoms with Gasteiger partial charge in [0.1, 0.15) is 5.82 Å². The second-order valence-corrected chi connectivity index (χ2v) is 8.21. The molecule has 0 bridgehead atoms. The van der Waals surface area contributed by atoms with E-state index in [1.165, 1.54) is 24.3 Å². The van der Waals surface area contributed by atoms with Crippen molar-refractivity contribution in [3.8, 4) is 0 Å². The summed E-state index contributed by atoms with van der Waals surface area (Å²) in [6, 6.07) is 12.3. The van der Waals surface area contributed by atoms with Crippen LogP contribution in [-0.4, -0.2) is 44.8 Å². The van der Waals surface area contributed by atoms with E-state index >= 15 is 0 Å². The first-order valence-electron chi connectivity index (χ1n) is 10.6. The standard InChI is InChI=1S/C23H22ClFN6O3/c24-16-5-9-18(10-6-16)27-23-29-19(28-22(26)30-23)13-34-21(33)15-2-1-11-31(12-15)20(32)14-3-7-17(25)8-4-14/h3-10,15H,1-2,11-13H2,(H3,26,27,28,29,30). The number of halogens is 2. The second kappa shape index (κ2) is 10.4. The Balaban J connectivity index is 1.35. The summed E-state index contributed by atoms with van der Waals surface area (Å²) in [5.41, 5.74) is 6.84. The predicted octanol–water partition coefficient (Wildman–Crippen LogP) is 3.59. The van der Waals surface area contributed by atoms with Crippen molar-refractivity contribution in [2.24, 2.45) is 5.92 Å². The van der Waals surface area contributed by atoms with Crippen LogP contribution in [0.3, 0.4) is 0 Å². The van der Waals surface area contributed by atoms with Crippen LogP contribution in [-0.2, 0) is 16.1 Å². The third-order valence-corrected chi connectivity index (χ3v) is 5.53. The first-order valence-corrected chi connectivity index (χ1v) is 11.0. The maximum atomic E-state index is 13.1. The Labute approximate surface area is 200 Å². The molecule has 1 atom stereocenters. The fourth-order valence-corrected chi connectivity index (χ4v) is 3.73. The minimum Gasteiger partial charge on any atom is -0.457 e. The molecule has 1 amide bonds. The number of aromatic nitrogens is 3. The number of carbonyl (C=O) groups excluding carboxylic acids is 2. The highest BCUT2D eigenvalue weighted by Gasteiger charge is 2.30. The fourth-order valence-electron chi connectivity index (χ4n) is 3.60. The van der Waals surface area contributed by atoms with E-state index in [1.54, 1.807) is 29.2 Å². The lowest BCUT2D eigenvalue weighted by molar-refractivity contribution is -0.151. The monoisotopic (exact) mass is 484 g/mol. The Bertz CT molecular complexity index is 1180. The summed E-state index contributed by atoms with van der Waals surface area (Å²) in [4.78, 5) is 39.2. The molecule has 4 rings (SSSR count). The average Bonchev–Trinajstić information content (AvgIpc) is 2.84. The van der Waals surface area contributed by atoms with E-state index in [2.05, 4.69) is 20.3 Å². The molecule has 9 nitrogen and oxygen atoms in total. The molecular formula is C23H22ClFN6O3. The number of ether oxygens (including phenoxy) is 1. The third-order valence-electron chi connectivity index (χ3n) is 5.28. The molecule has 3 aromatic rings. The average molecular weight is 485 g/mol. The minimum absolute atomic E-state index is 0.0220. The van der Waals surface area contributed by atoms with Crippen molar-refractivity contribution in [3.05, 3.63) is 70.8 Å². The fraction of sp³-hybridized carbons (Fsp3) is 0.261. The lowest BCUT2D eigenvalue weighted by Crippen LogP contribution is -2.42. The molecule has 2 aromatic carbocycles. The van der Waals surface area contributed by atoms with Crippen LogP contribution >= 0.6 is 11.6 Å². The number of nitrogens with one attached hydrogen (secondary N) is 1. The van der Waals surface area contributed by atoms with Crippen molar-refractivity contribution in [2.75, 3.05) is 24.1 Å². The summed E-state index contributed by atoms with van der Waals surface area (Å²) in [7, 11) is 0. The smallest absolute Gasteiger partial charge is 0.311 e. The quantitative estimate of drug-likeness (QED) is 0.509. The van der Waals surface area contributed by atoms with Crippen LogP contribution in [0.2, 0.25) is 5.02 Å². The van der Waals surface area contributed by atoms with Crippen LogP contribution in [0.4, 0.5) is 22.0 Å². The molecular weight excluding hydrogens is 463 g/mol. The van der Waals surface area contributed by atoms with Crippen LogP contribution in [0.5, 0.6) is 0 Å². The maximum absolute atomic E-state index is 13.1. The summed E-state index contributed by atoms with van der Waals surface area (Å²) >= 11 is 5.89. The minimum atomic E-state index is -0.482. The highest BCUT2D eigenvalue weighted by atomic mass is 35.5. The van der Waals surface area contributed by atoms with Crippen molar-refractivity contribution in [3.63, 3.8) is 0 Å². The van der Waals surface area contributed by atoms with Crippen molar-refractivity contribution < 1.29 is 18.7 Å². The Morgan fingerprint density at radius 2 is 1.85 bits per heavy atom. The number of nitrogen functional groups attached to an aromatic ring is 1. The lowest BCUT2D eigenvalue weighted by Gasteiger charge is -2.31. The van der Waals surface area contributed by atoms with Gasteiger partial charge in [0.05, 0.1) is 5.92 Å². The number of anilines is 3. The largest absolute Gasteiger partial charge is 0.457 e. The van der Waals surface area contributed by atoms with Gasteiger partial charge in [-0.15, -0.1) is 0 Å². The van der Waals surface area contributed by atoms with Gasteiger partial charge in [0.15, 0.2) is 12.4 Å². The maximum Gasteiger partial charge on any atom is 0.311 e. The number of rotatable bonds is 6. The molecule has 176 valence electrons. The summed E-state index contributed by atoms with van der Waals surface area (Å²) in [6.07, 6.45) is 1.25. The van der Waals surface area contributed by atoms with Crippen LogP contribution in [0.25, 0.3) is 0 Å². The number of nitrogens with zero attached hydrogens (tertiary/aromatic N) is 4. The molecule has 1 aromatic heterocycles. The Morgan fingerprint density at radius 3 is 2.59 bits per heavy atom. The zero-order chi connectivity index (χ0) is 24.1. The van der Waals surface area contributed by atoms with Gasteiger partial charge >= 0.3 is 5.97 Å². The molecule has 11 heteroatoms. The van der Waals surface area contributed by atoms with Gasteiger partial charge in [-0.1, -0.05) is 11.6 Å². The number of piperidine rings is 1. The van der Waals surface area contributed by atoms with E-state index in [-0.39, 0.29) is 36.8 Å². The Morgan fingerprint density at radius 1 is 1.12 bits per heavy atom. The number of hydrogen-bond donors (Lipinski definition) is 2. The first-order chi connectivity index (χ1) is 16.4. The SMILES string of the molecule is Nc1nc(COC(=O)C2CCCN(C(=O)c3ccc(F)cc3)C2)nc(Nc2ccc(Cl)cc2)n1. The topological polar surface area (TPSA) is 123 Å². The number of hydrogen-bond acceptors (Lipinski definition) is 8. The first kappa shape index (κ1) is 23.4. The molecule has 1 aliphatic rings. The van der Waals surface area contributed by atoms with Crippen LogP contribution < -0.4 is 11.1 Å². The number of benzene rings is 2. The van der Waals surface area contributed by atoms with Crippen LogP contribution in [0, 0.1) is 11.7 Å². The summed E-state index contributed by atoms with van der Waals surface area (Å²) in [5, 5.41) is 3.58. The summed E-state index contributed by atoms with van der Waals surface area (Å²) in [6.45, 7) is 0.546. The number of amides is 1. The molecule has 1 unspecified atom stereocenters. The van der Waals surface area contributed by atoms with E-state index in [1.807, 2.05) is 0 Å².